The molecule has 30 heavy (non-hydrogen) atoms. The summed E-state index contributed by atoms with van der Waals surface area (Å²) in [6.45, 7) is -0.144. The quantitative estimate of drug-likeness (QED) is 0.576. The van der Waals surface area contributed by atoms with Crippen molar-refractivity contribution >= 4 is 22.7 Å². The lowest BCUT2D eigenvalue weighted by atomic mass is 10.1. The van der Waals surface area contributed by atoms with E-state index >= 15 is 0 Å². The molecule has 3 aromatic rings. The summed E-state index contributed by atoms with van der Waals surface area (Å²) in [7, 11) is 0. The predicted octanol–water partition coefficient (Wildman–Crippen LogP) is 2.64. The molecule has 0 aliphatic carbocycles. The van der Waals surface area contributed by atoms with Gasteiger partial charge in [0.05, 0.1) is 12.1 Å². The zero-order valence-electron chi connectivity index (χ0n) is 15.7. The molecule has 0 bridgehead atoms. The minimum Gasteiger partial charge on any atom is -0.360 e. The lowest BCUT2D eigenvalue weighted by Gasteiger charge is -2.09. The van der Waals surface area contributed by atoms with Gasteiger partial charge in [0.1, 0.15) is 5.56 Å². The van der Waals surface area contributed by atoms with E-state index < -0.39 is 29.0 Å². The minimum absolute atomic E-state index is 0.105. The van der Waals surface area contributed by atoms with Gasteiger partial charge in [-0.2, -0.15) is 13.2 Å². The monoisotopic (exact) mass is 417 g/mol. The number of nitrogens with one attached hydrogen (secondary N) is 3. The van der Waals surface area contributed by atoms with E-state index in [1.807, 2.05) is 0 Å². The molecule has 2 amide bonds. The van der Waals surface area contributed by atoms with Crippen LogP contribution < -0.4 is 16.1 Å². The molecule has 156 valence electrons. The van der Waals surface area contributed by atoms with Crippen molar-refractivity contribution in [1.82, 2.24) is 15.6 Å². The number of halogens is 3. The van der Waals surface area contributed by atoms with Crippen LogP contribution in [0.2, 0.25) is 0 Å². The van der Waals surface area contributed by atoms with Gasteiger partial charge in [0.2, 0.25) is 11.3 Å². The summed E-state index contributed by atoms with van der Waals surface area (Å²) in [5.41, 5.74) is -0.0485. The third-order valence-corrected chi connectivity index (χ3v) is 4.46. The van der Waals surface area contributed by atoms with E-state index in [0.717, 1.165) is 12.1 Å². The number of hydrogen-bond acceptors (Lipinski definition) is 3. The molecule has 0 radical (unpaired) electrons. The fourth-order valence-corrected chi connectivity index (χ4v) is 2.86. The van der Waals surface area contributed by atoms with Crippen LogP contribution in [0.3, 0.4) is 0 Å². The standard InChI is InChI=1S/C21H18F3N3O3/c22-21(23,24)14-7-5-13(6-8-14)9-10-25-18(28)12-27-20(30)16-11-26-17-4-2-1-3-15(17)19(16)29/h1-8,11H,9-10,12H2,(H,25,28)(H,26,29)(H,27,30). The normalized spacial score (nSPS) is 11.3. The molecule has 0 spiro atoms. The van der Waals surface area contributed by atoms with E-state index in [1.165, 1.54) is 18.3 Å². The van der Waals surface area contributed by atoms with Gasteiger partial charge in [0.15, 0.2) is 0 Å². The molecule has 3 N–H and O–H groups in total. The van der Waals surface area contributed by atoms with Gasteiger partial charge in [0, 0.05) is 23.6 Å². The summed E-state index contributed by atoms with van der Waals surface area (Å²) < 4.78 is 37.6. The highest BCUT2D eigenvalue weighted by Gasteiger charge is 2.29. The van der Waals surface area contributed by atoms with E-state index in [-0.39, 0.29) is 18.7 Å². The van der Waals surface area contributed by atoms with Crippen LogP contribution in [0.25, 0.3) is 10.9 Å². The summed E-state index contributed by atoms with van der Waals surface area (Å²) in [6.07, 6.45) is -2.76. The second-order valence-electron chi connectivity index (χ2n) is 6.55. The SMILES string of the molecule is O=C(CNC(=O)c1c[nH]c2ccccc2c1=O)NCCc1ccc(C(F)(F)F)cc1. The van der Waals surface area contributed by atoms with Crippen LogP contribution in [-0.2, 0) is 17.4 Å². The number of para-hydroxylation sites is 1. The largest absolute Gasteiger partial charge is 0.416 e. The lowest BCUT2D eigenvalue weighted by molar-refractivity contribution is -0.137. The lowest BCUT2D eigenvalue weighted by Crippen LogP contribution is -2.39. The summed E-state index contributed by atoms with van der Waals surface area (Å²) in [6, 6.07) is 11.4. The van der Waals surface area contributed by atoms with Crippen LogP contribution in [-0.4, -0.2) is 29.9 Å². The Hall–Kier alpha value is -3.62. The third kappa shape index (κ3) is 5.05. The van der Waals surface area contributed by atoms with Crippen molar-refractivity contribution in [3.05, 3.63) is 81.6 Å². The number of carbonyl (C=O) groups excluding carboxylic acids is 2. The summed E-state index contributed by atoms with van der Waals surface area (Å²) in [4.78, 5) is 39.4. The smallest absolute Gasteiger partial charge is 0.360 e. The van der Waals surface area contributed by atoms with Gasteiger partial charge in [-0.3, -0.25) is 14.4 Å². The first-order valence-corrected chi connectivity index (χ1v) is 9.07. The second-order valence-corrected chi connectivity index (χ2v) is 6.55. The van der Waals surface area contributed by atoms with Crippen LogP contribution in [0, 0.1) is 0 Å². The van der Waals surface area contributed by atoms with E-state index in [1.54, 1.807) is 24.3 Å². The Morgan fingerprint density at radius 3 is 2.37 bits per heavy atom. The number of benzene rings is 2. The summed E-state index contributed by atoms with van der Waals surface area (Å²) >= 11 is 0. The first-order chi connectivity index (χ1) is 14.3. The molecule has 0 saturated carbocycles. The van der Waals surface area contributed by atoms with Gasteiger partial charge in [0.25, 0.3) is 5.91 Å². The van der Waals surface area contributed by atoms with Crippen molar-refractivity contribution < 1.29 is 22.8 Å². The highest BCUT2D eigenvalue weighted by Crippen LogP contribution is 2.29. The van der Waals surface area contributed by atoms with Gasteiger partial charge in [-0.15, -0.1) is 0 Å². The Morgan fingerprint density at radius 2 is 1.67 bits per heavy atom. The molecule has 0 unspecified atom stereocenters. The molecule has 0 aliphatic heterocycles. The summed E-state index contributed by atoms with van der Waals surface area (Å²) in [5, 5.41) is 5.31. The number of fused-ring (bicyclic) bond motifs is 1. The fourth-order valence-electron chi connectivity index (χ4n) is 2.86. The van der Waals surface area contributed by atoms with Crippen molar-refractivity contribution in [3.63, 3.8) is 0 Å². The zero-order valence-corrected chi connectivity index (χ0v) is 15.7. The Morgan fingerprint density at radius 1 is 0.967 bits per heavy atom. The molecular formula is C21H18F3N3O3. The van der Waals surface area contributed by atoms with Gasteiger partial charge in [-0.05, 0) is 36.2 Å². The Kier molecular flexibility index (Phi) is 6.20. The number of aromatic amines is 1. The summed E-state index contributed by atoms with van der Waals surface area (Å²) in [5.74, 6) is -1.16. The number of amides is 2. The maximum Gasteiger partial charge on any atom is 0.416 e. The molecule has 3 rings (SSSR count). The van der Waals surface area contributed by atoms with Gasteiger partial charge >= 0.3 is 6.18 Å². The predicted molar refractivity (Wildman–Crippen MR) is 105 cm³/mol. The first-order valence-electron chi connectivity index (χ1n) is 9.07. The number of rotatable bonds is 6. The first kappa shape index (κ1) is 21.1. The van der Waals surface area contributed by atoms with Gasteiger partial charge in [-0.1, -0.05) is 24.3 Å². The molecule has 0 aliphatic rings. The van der Waals surface area contributed by atoms with E-state index in [0.29, 0.717) is 22.9 Å². The van der Waals surface area contributed by atoms with Crippen molar-refractivity contribution in [3.8, 4) is 0 Å². The third-order valence-electron chi connectivity index (χ3n) is 4.46. The topological polar surface area (TPSA) is 91.1 Å². The average molecular weight is 417 g/mol. The van der Waals surface area contributed by atoms with Crippen LogP contribution >= 0.6 is 0 Å². The Labute approximate surface area is 169 Å². The zero-order chi connectivity index (χ0) is 21.7. The molecule has 1 heterocycles. The van der Waals surface area contributed by atoms with Gasteiger partial charge in [-0.25, -0.2) is 0 Å². The van der Waals surface area contributed by atoms with Gasteiger partial charge < -0.3 is 15.6 Å². The molecule has 6 nitrogen and oxygen atoms in total. The van der Waals surface area contributed by atoms with Crippen LogP contribution in [0.5, 0.6) is 0 Å². The number of pyridine rings is 1. The van der Waals surface area contributed by atoms with Crippen LogP contribution in [0.15, 0.2) is 59.5 Å². The fraction of sp³-hybridized carbons (Fsp3) is 0.190. The van der Waals surface area contributed by atoms with E-state index in [4.69, 9.17) is 0 Å². The number of aromatic nitrogens is 1. The van der Waals surface area contributed by atoms with Crippen molar-refractivity contribution in [2.24, 2.45) is 0 Å². The Bertz CT molecular complexity index is 1120. The van der Waals surface area contributed by atoms with E-state index in [2.05, 4.69) is 15.6 Å². The number of H-pyrrole nitrogens is 1. The van der Waals surface area contributed by atoms with Crippen molar-refractivity contribution in [2.45, 2.75) is 12.6 Å². The number of carbonyl (C=O) groups is 2. The molecule has 9 heteroatoms. The maximum absolute atomic E-state index is 12.5. The van der Waals surface area contributed by atoms with E-state index in [9.17, 15) is 27.6 Å². The number of hydrogen-bond donors (Lipinski definition) is 3. The molecule has 0 saturated heterocycles. The second kappa shape index (κ2) is 8.81. The highest BCUT2D eigenvalue weighted by atomic mass is 19.4. The van der Waals surface area contributed by atoms with Crippen molar-refractivity contribution in [1.29, 1.82) is 0 Å². The van der Waals surface area contributed by atoms with Crippen LogP contribution in [0.4, 0.5) is 13.2 Å². The van der Waals surface area contributed by atoms with Crippen LogP contribution in [0.1, 0.15) is 21.5 Å². The molecule has 0 fully saturated rings. The molecular weight excluding hydrogens is 399 g/mol. The Balaban J connectivity index is 1.48. The molecule has 0 atom stereocenters. The van der Waals surface area contributed by atoms with Crippen molar-refractivity contribution in [2.75, 3.05) is 13.1 Å². The molecule has 1 aromatic heterocycles. The molecule has 2 aromatic carbocycles. The maximum atomic E-state index is 12.5. The minimum atomic E-state index is -4.39. The average Bonchev–Trinajstić information content (AvgIpc) is 2.72. The number of alkyl halides is 3. The highest BCUT2D eigenvalue weighted by molar-refractivity contribution is 5.98.